The van der Waals surface area contributed by atoms with Crippen LogP contribution < -0.4 is 9.80 Å². The maximum atomic E-state index is 2.42. The average Bonchev–Trinajstić information content (AvgIpc) is 3.22. The van der Waals surface area contributed by atoms with Crippen molar-refractivity contribution in [2.24, 2.45) is 0 Å². The van der Waals surface area contributed by atoms with E-state index in [0.717, 1.165) is 6.67 Å². The van der Waals surface area contributed by atoms with Crippen molar-refractivity contribution in [3.63, 3.8) is 0 Å². The Hall–Kier alpha value is -3.00. The molecule has 2 heteroatoms. The number of para-hydroxylation sites is 1. The van der Waals surface area contributed by atoms with E-state index in [1.54, 1.807) is 0 Å². The Morgan fingerprint density at radius 3 is 1.71 bits per heavy atom. The first-order chi connectivity index (χ1) is 14.8. The van der Waals surface area contributed by atoms with Gasteiger partial charge in [-0.2, -0.15) is 0 Å². The summed E-state index contributed by atoms with van der Waals surface area (Å²) in [6, 6.07) is 22.3. The normalized spacial score (nSPS) is 13.7. The van der Waals surface area contributed by atoms with Crippen LogP contribution in [-0.2, 0) is 0 Å². The molecule has 0 radical (unpaired) electrons. The Morgan fingerprint density at radius 2 is 1.16 bits per heavy atom. The van der Waals surface area contributed by atoms with Crippen molar-refractivity contribution in [2.75, 3.05) is 16.5 Å². The van der Waals surface area contributed by atoms with Gasteiger partial charge < -0.3 is 9.80 Å². The van der Waals surface area contributed by atoms with E-state index >= 15 is 0 Å². The quantitative estimate of drug-likeness (QED) is 0.421. The van der Waals surface area contributed by atoms with E-state index in [1.165, 1.54) is 44.8 Å². The summed E-state index contributed by atoms with van der Waals surface area (Å²) < 4.78 is 0. The van der Waals surface area contributed by atoms with Crippen LogP contribution in [0.15, 0.2) is 73.1 Å². The Bertz CT molecular complexity index is 1040. The number of benzene rings is 3. The Morgan fingerprint density at radius 1 is 0.645 bits per heavy atom. The molecule has 31 heavy (non-hydrogen) atoms. The zero-order chi connectivity index (χ0) is 22.1. The smallest absolute Gasteiger partial charge is 0.0989 e. The van der Waals surface area contributed by atoms with Crippen LogP contribution in [0.5, 0.6) is 0 Å². The van der Waals surface area contributed by atoms with Gasteiger partial charge in [0, 0.05) is 23.8 Å². The molecule has 0 saturated carbocycles. The lowest BCUT2D eigenvalue weighted by Gasteiger charge is -2.29. The van der Waals surface area contributed by atoms with Crippen LogP contribution in [0.3, 0.4) is 0 Å². The van der Waals surface area contributed by atoms with Crippen LogP contribution in [0.25, 0.3) is 11.1 Å². The summed E-state index contributed by atoms with van der Waals surface area (Å²) in [6.07, 6.45) is 4.43. The Kier molecular flexibility index (Phi) is 5.91. The first-order valence-electron chi connectivity index (χ1n) is 11.4. The summed E-state index contributed by atoms with van der Waals surface area (Å²) in [4.78, 5) is 4.73. The largest absolute Gasteiger partial charge is 0.328 e. The molecule has 0 atom stereocenters. The van der Waals surface area contributed by atoms with Gasteiger partial charge in [-0.1, -0.05) is 75.2 Å². The second kappa shape index (κ2) is 8.63. The van der Waals surface area contributed by atoms with Gasteiger partial charge >= 0.3 is 0 Å². The SMILES string of the molecule is Cc1cc(C)cc(-c2cc(C(C)C)c(N3C=CN(c4ccccc4)C3)c(C(C)C)c2)c1. The number of anilines is 2. The molecule has 1 heterocycles. The van der Waals surface area contributed by atoms with Gasteiger partial charge in [-0.05, 0) is 72.2 Å². The molecule has 0 spiro atoms. The van der Waals surface area contributed by atoms with Gasteiger partial charge in [0.05, 0.1) is 6.67 Å². The zero-order valence-corrected chi connectivity index (χ0v) is 19.7. The number of aryl methyl sites for hydroxylation is 2. The lowest BCUT2D eigenvalue weighted by Crippen LogP contribution is -2.26. The molecule has 0 aromatic heterocycles. The fourth-order valence-electron chi connectivity index (χ4n) is 4.55. The third-order valence-corrected chi connectivity index (χ3v) is 6.07. The second-order valence-corrected chi connectivity index (χ2v) is 9.40. The molecule has 1 aliphatic heterocycles. The third kappa shape index (κ3) is 4.39. The van der Waals surface area contributed by atoms with E-state index in [1.807, 2.05) is 0 Å². The molecule has 0 saturated heterocycles. The van der Waals surface area contributed by atoms with Gasteiger partial charge in [-0.25, -0.2) is 0 Å². The number of hydrogen-bond donors (Lipinski definition) is 0. The Balaban J connectivity index is 1.80. The van der Waals surface area contributed by atoms with Gasteiger partial charge in [0.15, 0.2) is 0 Å². The van der Waals surface area contributed by atoms with Crippen molar-refractivity contribution < 1.29 is 0 Å². The predicted molar refractivity (Wildman–Crippen MR) is 135 cm³/mol. The fourth-order valence-corrected chi connectivity index (χ4v) is 4.55. The molecule has 0 aliphatic carbocycles. The van der Waals surface area contributed by atoms with E-state index in [-0.39, 0.29) is 0 Å². The van der Waals surface area contributed by atoms with E-state index in [9.17, 15) is 0 Å². The maximum Gasteiger partial charge on any atom is 0.0989 e. The molecule has 3 aromatic carbocycles. The van der Waals surface area contributed by atoms with Gasteiger partial charge in [0.25, 0.3) is 0 Å². The van der Waals surface area contributed by atoms with E-state index < -0.39 is 0 Å². The van der Waals surface area contributed by atoms with Crippen LogP contribution in [0.1, 0.15) is 61.8 Å². The van der Waals surface area contributed by atoms with Crippen LogP contribution in [-0.4, -0.2) is 6.67 Å². The van der Waals surface area contributed by atoms with Crippen LogP contribution in [0.4, 0.5) is 11.4 Å². The highest BCUT2D eigenvalue weighted by Gasteiger charge is 2.24. The van der Waals surface area contributed by atoms with Crippen molar-refractivity contribution in [3.05, 3.63) is 95.3 Å². The van der Waals surface area contributed by atoms with Crippen LogP contribution in [0, 0.1) is 13.8 Å². The minimum atomic E-state index is 0.442. The first-order valence-corrected chi connectivity index (χ1v) is 11.4. The van der Waals surface area contributed by atoms with Crippen LogP contribution >= 0.6 is 0 Å². The van der Waals surface area contributed by atoms with Crippen molar-refractivity contribution in [3.8, 4) is 11.1 Å². The summed E-state index contributed by atoms with van der Waals surface area (Å²) >= 11 is 0. The molecular weight excluding hydrogens is 376 g/mol. The minimum Gasteiger partial charge on any atom is -0.328 e. The minimum absolute atomic E-state index is 0.442. The first kappa shape index (κ1) is 21.2. The van der Waals surface area contributed by atoms with Crippen molar-refractivity contribution in [2.45, 2.75) is 53.4 Å². The van der Waals surface area contributed by atoms with Crippen molar-refractivity contribution >= 4 is 11.4 Å². The monoisotopic (exact) mass is 410 g/mol. The fraction of sp³-hybridized carbons (Fsp3) is 0.310. The molecule has 2 nitrogen and oxygen atoms in total. The summed E-state index contributed by atoms with van der Waals surface area (Å²) in [7, 11) is 0. The molecule has 0 N–H and O–H groups in total. The highest BCUT2D eigenvalue weighted by atomic mass is 15.3. The lowest BCUT2D eigenvalue weighted by molar-refractivity contribution is 0.817. The number of nitrogens with zero attached hydrogens (tertiary/aromatic N) is 2. The molecule has 0 fully saturated rings. The summed E-state index contributed by atoms with van der Waals surface area (Å²) in [5.41, 5.74) is 10.7. The standard InChI is InChI=1S/C29H34N2/c1-20(2)27-17-25(24-15-22(5)14-23(6)16-24)18-28(21(3)4)29(27)31-13-12-30(19-31)26-10-8-7-9-11-26/h7-18,20-21H,19H2,1-6H3. The predicted octanol–water partition coefficient (Wildman–Crippen LogP) is 7.97. The molecule has 3 aromatic rings. The highest BCUT2D eigenvalue weighted by molar-refractivity contribution is 5.76. The highest BCUT2D eigenvalue weighted by Crippen LogP contribution is 2.41. The summed E-state index contributed by atoms with van der Waals surface area (Å²) in [5.74, 6) is 0.884. The third-order valence-electron chi connectivity index (χ3n) is 6.07. The lowest BCUT2D eigenvalue weighted by atomic mass is 9.87. The molecule has 160 valence electrons. The van der Waals surface area contributed by atoms with Crippen molar-refractivity contribution in [1.29, 1.82) is 0 Å². The summed E-state index contributed by atoms with van der Waals surface area (Å²) in [6.45, 7) is 14.4. The molecule has 0 unspecified atom stereocenters. The Labute approximate surface area is 187 Å². The topological polar surface area (TPSA) is 6.48 Å². The van der Waals surface area contributed by atoms with Gasteiger partial charge in [0.1, 0.15) is 0 Å². The molecule has 4 rings (SSSR count). The zero-order valence-electron chi connectivity index (χ0n) is 19.7. The van der Waals surface area contributed by atoms with E-state index in [4.69, 9.17) is 0 Å². The average molecular weight is 411 g/mol. The summed E-state index contributed by atoms with van der Waals surface area (Å²) in [5, 5.41) is 0. The number of hydrogen-bond acceptors (Lipinski definition) is 2. The van der Waals surface area contributed by atoms with Crippen LogP contribution in [0.2, 0.25) is 0 Å². The van der Waals surface area contributed by atoms with Crippen molar-refractivity contribution in [1.82, 2.24) is 0 Å². The van der Waals surface area contributed by atoms with Gasteiger partial charge in [0.2, 0.25) is 0 Å². The second-order valence-electron chi connectivity index (χ2n) is 9.40. The van der Waals surface area contributed by atoms with E-state index in [2.05, 4.69) is 124 Å². The number of rotatable bonds is 5. The molecule has 0 bridgehead atoms. The molecular formula is C29H34N2. The molecule has 0 amide bonds. The molecule has 1 aliphatic rings. The van der Waals surface area contributed by atoms with Gasteiger partial charge in [-0.3, -0.25) is 0 Å². The maximum absolute atomic E-state index is 2.42. The van der Waals surface area contributed by atoms with E-state index in [0.29, 0.717) is 11.8 Å². The van der Waals surface area contributed by atoms with Gasteiger partial charge in [-0.15, -0.1) is 0 Å².